The van der Waals surface area contributed by atoms with Gasteiger partial charge in [-0.1, -0.05) is 0 Å². The molecule has 0 aromatic carbocycles. The number of anilines is 1. The summed E-state index contributed by atoms with van der Waals surface area (Å²) in [5, 5.41) is 10.1. The van der Waals surface area contributed by atoms with Crippen LogP contribution in [0, 0.1) is 5.92 Å². The zero-order chi connectivity index (χ0) is 11.4. The quantitative estimate of drug-likeness (QED) is 0.800. The van der Waals surface area contributed by atoms with Crippen molar-refractivity contribution >= 4 is 5.82 Å². The topological polar surface area (TPSA) is 68.4 Å². The Morgan fingerprint density at radius 2 is 2.50 bits per heavy atom. The van der Waals surface area contributed by atoms with E-state index in [1.54, 1.807) is 6.20 Å². The van der Waals surface area contributed by atoms with Crippen molar-refractivity contribution in [1.82, 2.24) is 4.98 Å². The standard InChI is InChI=1S/C12H18N2O2/c13-12-7-9(3-4-14-12)6-11(15)10-2-1-5-16-8-10/h3-4,7,10-11,15H,1-2,5-6,8H2,(H2,13,14). The maximum atomic E-state index is 10.1. The van der Waals surface area contributed by atoms with Gasteiger partial charge < -0.3 is 15.6 Å². The van der Waals surface area contributed by atoms with Gasteiger partial charge in [-0.05, 0) is 37.0 Å². The molecule has 16 heavy (non-hydrogen) atoms. The Balaban J connectivity index is 1.93. The minimum Gasteiger partial charge on any atom is -0.392 e. The van der Waals surface area contributed by atoms with Crippen LogP contribution in [0.4, 0.5) is 5.82 Å². The van der Waals surface area contributed by atoms with E-state index in [0.717, 1.165) is 25.0 Å². The maximum absolute atomic E-state index is 10.1. The molecule has 1 saturated heterocycles. The Morgan fingerprint density at radius 1 is 1.62 bits per heavy atom. The van der Waals surface area contributed by atoms with E-state index in [2.05, 4.69) is 4.98 Å². The summed E-state index contributed by atoms with van der Waals surface area (Å²) in [4.78, 5) is 3.93. The fourth-order valence-electron chi connectivity index (χ4n) is 2.10. The van der Waals surface area contributed by atoms with Crippen molar-refractivity contribution in [3.63, 3.8) is 0 Å². The number of hydrogen-bond donors (Lipinski definition) is 2. The Morgan fingerprint density at radius 3 is 3.19 bits per heavy atom. The number of aliphatic hydroxyl groups is 1. The monoisotopic (exact) mass is 222 g/mol. The minimum atomic E-state index is -0.345. The predicted octanol–water partition coefficient (Wildman–Crippen LogP) is 0.994. The number of hydrogen-bond acceptors (Lipinski definition) is 4. The first-order valence-electron chi connectivity index (χ1n) is 5.72. The molecule has 2 heterocycles. The van der Waals surface area contributed by atoms with Gasteiger partial charge in [0.25, 0.3) is 0 Å². The summed E-state index contributed by atoms with van der Waals surface area (Å²) in [5.74, 6) is 0.757. The average Bonchev–Trinajstić information content (AvgIpc) is 2.30. The van der Waals surface area contributed by atoms with Crippen molar-refractivity contribution in [2.45, 2.75) is 25.4 Å². The molecule has 3 N–H and O–H groups in total. The highest BCUT2D eigenvalue weighted by Gasteiger charge is 2.22. The van der Waals surface area contributed by atoms with Gasteiger partial charge in [0.2, 0.25) is 0 Å². The summed E-state index contributed by atoms with van der Waals surface area (Å²) >= 11 is 0. The molecule has 0 aliphatic carbocycles. The smallest absolute Gasteiger partial charge is 0.123 e. The molecular formula is C12H18N2O2. The van der Waals surface area contributed by atoms with E-state index >= 15 is 0 Å². The van der Waals surface area contributed by atoms with E-state index in [4.69, 9.17) is 10.5 Å². The van der Waals surface area contributed by atoms with E-state index in [-0.39, 0.29) is 12.0 Å². The number of rotatable bonds is 3. The Hall–Kier alpha value is -1.13. The summed E-state index contributed by atoms with van der Waals surface area (Å²) in [7, 11) is 0. The van der Waals surface area contributed by atoms with Crippen LogP contribution in [-0.4, -0.2) is 29.4 Å². The Labute approximate surface area is 95.4 Å². The van der Waals surface area contributed by atoms with Gasteiger partial charge in [0.05, 0.1) is 12.7 Å². The van der Waals surface area contributed by atoms with Crippen LogP contribution in [0.2, 0.25) is 0 Å². The first-order valence-corrected chi connectivity index (χ1v) is 5.72. The SMILES string of the molecule is Nc1cc(CC(O)C2CCCOC2)ccn1. The van der Waals surface area contributed by atoms with E-state index in [1.165, 1.54) is 0 Å². The molecule has 0 radical (unpaired) electrons. The summed E-state index contributed by atoms with van der Waals surface area (Å²) in [6.07, 6.45) is 4.04. The third-order valence-corrected chi connectivity index (χ3v) is 3.03. The number of aliphatic hydroxyl groups excluding tert-OH is 1. The van der Waals surface area contributed by atoms with Crippen LogP contribution >= 0.6 is 0 Å². The molecule has 2 unspecified atom stereocenters. The van der Waals surface area contributed by atoms with Gasteiger partial charge in [-0.2, -0.15) is 0 Å². The van der Waals surface area contributed by atoms with Gasteiger partial charge in [0.15, 0.2) is 0 Å². The van der Waals surface area contributed by atoms with Gasteiger partial charge in [-0.15, -0.1) is 0 Å². The number of pyridine rings is 1. The van der Waals surface area contributed by atoms with Crippen LogP contribution < -0.4 is 5.73 Å². The van der Waals surface area contributed by atoms with Crippen LogP contribution in [0.15, 0.2) is 18.3 Å². The van der Waals surface area contributed by atoms with Crippen LogP contribution in [0.1, 0.15) is 18.4 Å². The van der Waals surface area contributed by atoms with E-state index in [9.17, 15) is 5.11 Å². The second kappa shape index (κ2) is 5.27. The highest BCUT2D eigenvalue weighted by atomic mass is 16.5. The lowest BCUT2D eigenvalue weighted by atomic mass is 9.92. The number of ether oxygens (including phenoxy) is 1. The van der Waals surface area contributed by atoms with Gasteiger partial charge >= 0.3 is 0 Å². The second-order valence-corrected chi connectivity index (χ2v) is 4.34. The van der Waals surface area contributed by atoms with Crippen LogP contribution in [0.3, 0.4) is 0 Å². The minimum absolute atomic E-state index is 0.253. The number of nitrogens with two attached hydrogens (primary N) is 1. The molecule has 0 amide bonds. The first-order chi connectivity index (χ1) is 7.75. The lowest BCUT2D eigenvalue weighted by molar-refractivity contribution is -0.00846. The number of nitrogen functional groups attached to an aromatic ring is 1. The summed E-state index contributed by atoms with van der Waals surface area (Å²) in [6, 6.07) is 3.70. The van der Waals surface area contributed by atoms with Crippen molar-refractivity contribution in [1.29, 1.82) is 0 Å². The van der Waals surface area contributed by atoms with Crippen molar-refractivity contribution < 1.29 is 9.84 Å². The molecular weight excluding hydrogens is 204 g/mol. The molecule has 1 aliphatic heterocycles. The molecule has 1 aliphatic rings. The Bertz CT molecular complexity index is 338. The fraction of sp³-hybridized carbons (Fsp3) is 0.583. The van der Waals surface area contributed by atoms with Crippen molar-refractivity contribution in [3.05, 3.63) is 23.9 Å². The van der Waals surface area contributed by atoms with Crippen LogP contribution in [-0.2, 0) is 11.2 Å². The van der Waals surface area contributed by atoms with Crippen molar-refractivity contribution in [2.24, 2.45) is 5.92 Å². The molecule has 0 bridgehead atoms. The van der Waals surface area contributed by atoms with Crippen LogP contribution in [0.5, 0.6) is 0 Å². The largest absolute Gasteiger partial charge is 0.392 e. The third-order valence-electron chi connectivity index (χ3n) is 3.03. The molecule has 4 heteroatoms. The van der Waals surface area contributed by atoms with E-state index < -0.39 is 0 Å². The molecule has 1 aromatic rings. The van der Waals surface area contributed by atoms with Gasteiger partial charge in [-0.3, -0.25) is 0 Å². The van der Waals surface area contributed by atoms with Gasteiger partial charge in [0.1, 0.15) is 5.82 Å². The average molecular weight is 222 g/mol. The highest BCUT2D eigenvalue weighted by Crippen LogP contribution is 2.20. The van der Waals surface area contributed by atoms with Crippen LogP contribution in [0.25, 0.3) is 0 Å². The third kappa shape index (κ3) is 2.93. The van der Waals surface area contributed by atoms with E-state index in [1.807, 2.05) is 12.1 Å². The van der Waals surface area contributed by atoms with Crippen molar-refractivity contribution in [3.8, 4) is 0 Å². The molecule has 2 atom stereocenters. The van der Waals surface area contributed by atoms with Gasteiger partial charge in [0, 0.05) is 18.7 Å². The molecule has 4 nitrogen and oxygen atoms in total. The zero-order valence-electron chi connectivity index (χ0n) is 9.30. The van der Waals surface area contributed by atoms with Gasteiger partial charge in [-0.25, -0.2) is 4.98 Å². The lowest BCUT2D eigenvalue weighted by Crippen LogP contribution is -2.30. The zero-order valence-corrected chi connectivity index (χ0v) is 9.30. The lowest BCUT2D eigenvalue weighted by Gasteiger charge is -2.26. The number of nitrogens with zero attached hydrogens (tertiary/aromatic N) is 1. The summed E-state index contributed by atoms with van der Waals surface area (Å²) in [6.45, 7) is 1.49. The molecule has 1 fully saturated rings. The molecule has 0 spiro atoms. The predicted molar refractivity (Wildman–Crippen MR) is 61.9 cm³/mol. The highest BCUT2D eigenvalue weighted by molar-refractivity contribution is 5.32. The molecule has 2 rings (SSSR count). The second-order valence-electron chi connectivity index (χ2n) is 4.34. The Kier molecular flexibility index (Phi) is 3.74. The summed E-state index contributed by atoms with van der Waals surface area (Å²) < 4.78 is 5.37. The summed E-state index contributed by atoms with van der Waals surface area (Å²) in [5.41, 5.74) is 6.63. The molecule has 1 aromatic heterocycles. The molecule has 0 saturated carbocycles. The van der Waals surface area contributed by atoms with E-state index in [0.29, 0.717) is 18.8 Å². The normalized spacial score (nSPS) is 22.9. The maximum Gasteiger partial charge on any atom is 0.123 e. The van der Waals surface area contributed by atoms with Crippen molar-refractivity contribution in [2.75, 3.05) is 18.9 Å². The number of aromatic nitrogens is 1. The first kappa shape index (κ1) is 11.4. The molecule has 88 valence electrons. The fourth-order valence-corrected chi connectivity index (χ4v) is 2.10.